The summed E-state index contributed by atoms with van der Waals surface area (Å²) in [4.78, 5) is 12.2. The standard InChI is InChI=1S/C24H19F3O/c25-24(26,27)17-19(13-15-23(28)21-7-2-1-3-8-21)11-10-18-12-14-20-6-4-5-9-22(20)16-18/h1-9,12,14,16,19H,13,15,17H2. The lowest BCUT2D eigenvalue weighted by Gasteiger charge is -2.13. The van der Waals surface area contributed by atoms with Crippen molar-refractivity contribution >= 4 is 16.6 Å². The van der Waals surface area contributed by atoms with Gasteiger partial charge in [0.1, 0.15) is 0 Å². The molecule has 0 heterocycles. The Morgan fingerprint density at radius 1 is 0.893 bits per heavy atom. The lowest BCUT2D eigenvalue weighted by molar-refractivity contribution is -0.140. The molecule has 0 bridgehead atoms. The average molecular weight is 380 g/mol. The van der Waals surface area contributed by atoms with Crippen molar-refractivity contribution in [3.05, 3.63) is 83.9 Å². The van der Waals surface area contributed by atoms with E-state index in [1.807, 2.05) is 36.4 Å². The third-order valence-corrected chi connectivity index (χ3v) is 4.46. The summed E-state index contributed by atoms with van der Waals surface area (Å²) in [7, 11) is 0. The number of carbonyl (C=O) groups excluding carboxylic acids is 1. The fourth-order valence-electron chi connectivity index (χ4n) is 3.03. The Morgan fingerprint density at radius 3 is 2.29 bits per heavy atom. The van der Waals surface area contributed by atoms with Gasteiger partial charge in [0.2, 0.25) is 0 Å². The highest BCUT2D eigenvalue weighted by Crippen LogP contribution is 2.27. The van der Waals surface area contributed by atoms with Crippen LogP contribution in [0.15, 0.2) is 72.8 Å². The van der Waals surface area contributed by atoms with Crippen LogP contribution < -0.4 is 0 Å². The summed E-state index contributed by atoms with van der Waals surface area (Å²) >= 11 is 0. The Hall–Kier alpha value is -3.06. The van der Waals surface area contributed by atoms with Gasteiger partial charge in [-0.25, -0.2) is 0 Å². The van der Waals surface area contributed by atoms with Crippen LogP contribution in [0.5, 0.6) is 0 Å². The largest absolute Gasteiger partial charge is 0.390 e. The summed E-state index contributed by atoms with van der Waals surface area (Å²) in [5.41, 5.74) is 1.18. The molecule has 0 spiro atoms. The fourth-order valence-corrected chi connectivity index (χ4v) is 3.03. The first kappa shape index (κ1) is 19.7. The van der Waals surface area contributed by atoms with E-state index in [9.17, 15) is 18.0 Å². The molecule has 3 aromatic carbocycles. The zero-order valence-corrected chi connectivity index (χ0v) is 15.2. The Bertz CT molecular complexity index is 1010. The number of halogens is 3. The van der Waals surface area contributed by atoms with E-state index in [-0.39, 0.29) is 18.6 Å². The van der Waals surface area contributed by atoms with Crippen LogP contribution in [0.2, 0.25) is 0 Å². The molecule has 0 aliphatic rings. The van der Waals surface area contributed by atoms with E-state index < -0.39 is 18.5 Å². The van der Waals surface area contributed by atoms with Crippen molar-refractivity contribution in [1.82, 2.24) is 0 Å². The molecule has 0 saturated heterocycles. The number of hydrogen-bond acceptors (Lipinski definition) is 1. The second kappa shape index (κ2) is 8.75. The Labute approximate surface area is 162 Å². The second-order valence-electron chi connectivity index (χ2n) is 6.68. The Kier molecular flexibility index (Phi) is 6.16. The molecular weight excluding hydrogens is 361 g/mol. The van der Waals surface area contributed by atoms with Gasteiger partial charge in [0, 0.05) is 23.5 Å². The molecule has 0 aliphatic carbocycles. The number of fused-ring (bicyclic) bond motifs is 1. The monoisotopic (exact) mass is 380 g/mol. The van der Waals surface area contributed by atoms with Crippen LogP contribution in [0, 0.1) is 17.8 Å². The van der Waals surface area contributed by atoms with Crippen LogP contribution in [0.1, 0.15) is 35.2 Å². The summed E-state index contributed by atoms with van der Waals surface area (Å²) in [6.45, 7) is 0. The lowest BCUT2D eigenvalue weighted by Crippen LogP contribution is -2.15. The van der Waals surface area contributed by atoms with Crippen LogP contribution in [0.3, 0.4) is 0 Å². The lowest BCUT2D eigenvalue weighted by atomic mass is 9.95. The van der Waals surface area contributed by atoms with Gasteiger partial charge in [-0.15, -0.1) is 0 Å². The maximum Gasteiger partial charge on any atom is 0.390 e. The maximum absolute atomic E-state index is 12.9. The molecule has 1 atom stereocenters. The van der Waals surface area contributed by atoms with Crippen LogP contribution in [-0.4, -0.2) is 12.0 Å². The molecule has 0 fully saturated rings. The van der Waals surface area contributed by atoms with E-state index >= 15 is 0 Å². The molecule has 142 valence electrons. The number of carbonyl (C=O) groups is 1. The van der Waals surface area contributed by atoms with Crippen molar-refractivity contribution in [1.29, 1.82) is 0 Å². The molecule has 0 radical (unpaired) electrons. The van der Waals surface area contributed by atoms with Crippen LogP contribution in [0.4, 0.5) is 13.2 Å². The van der Waals surface area contributed by atoms with Crippen LogP contribution in [-0.2, 0) is 0 Å². The van der Waals surface area contributed by atoms with Crippen LogP contribution in [0.25, 0.3) is 10.8 Å². The predicted octanol–water partition coefficient (Wildman–Crippen LogP) is 6.42. The molecular formula is C24H19F3O. The highest BCUT2D eigenvalue weighted by molar-refractivity contribution is 5.96. The molecule has 0 saturated carbocycles. The summed E-state index contributed by atoms with van der Waals surface area (Å²) < 4.78 is 38.8. The Balaban J connectivity index is 1.74. The molecule has 28 heavy (non-hydrogen) atoms. The molecule has 0 aliphatic heterocycles. The summed E-state index contributed by atoms with van der Waals surface area (Å²) in [5.74, 6) is 4.52. The quantitative estimate of drug-likeness (QED) is 0.369. The van der Waals surface area contributed by atoms with Gasteiger partial charge in [0.05, 0.1) is 6.42 Å². The van der Waals surface area contributed by atoms with E-state index in [2.05, 4.69) is 11.8 Å². The summed E-state index contributed by atoms with van der Waals surface area (Å²) in [6, 6.07) is 21.9. The van der Waals surface area contributed by atoms with Gasteiger partial charge in [-0.3, -0.25) is 4.79 Å². The summed E-state index contributed by atoms with van der Waals surface area (Å²) in [5, 5.41) is 2.04. The van der Waals surface area contributed by atoms with Gasteiger partial charge in [-0.05, 0) is 29.3 Å². The van der Waals surface area contributed by atoms with E-state index in [4.69, 9.17) is 0 Å². The van der Waals surface area contributed by atoms with E-state index in [0.29, 0.717) is 11.1 Å². The van der Waals surface area contributed by atoms with Crippen LogP contribution >= 0.6 is 0 Å². The van der Waals surface area contributed by atoms with E-state index in [1.165, 1.54) is 0 Å². The van der Waals surface area contributed by atoms with Crippen molar-refractivity contribution in [3.63, 3.8) is 0 Å². The molecule has 3 aromatic rings. The molecule has 0 amide bonds. The first-order chi connectivity index (χ1) is 13.4. The molecule has 0 N–H and O–H groups in total. The van der Waals surface area contributed by atoms with Crippen molar-refractivity contribution in [2.75, 3.05) is 0 Å². The molecule has 1 nitrogen and oxygen atoms in total. The van der Waals surface area contributed by atoms with Gasteiger partial charge in [0.15, 0.2) is 5.78 Å². The SMILES string of the molecule is O=C(CCC(C#Cc1ccc2ccccc2c1)CC(F)(F)F)c1ccccc1. The van der Waals surface area contributed by atoms with Crippen molar-refractivity contribution < 1.29 is 18.0 Å². The number of Topliss-reactive ketones (excluding diaryl/α,β-unsaturated/α-hetero) is 1. The topological polar surface area (TPSA) is 17.1 Å². The maximum atomic E-state index is 12.9. The number of benzene rings is 3. The highest BCUT2D eigenvalue weighted by atomic mass is 19.4. The molecule has 4 heteroatoms. The van der Waals surface area contributed by atoms with Gasteiger partial charge < -0.3 is 0 Å². The minimum absolute atomic E-state index is 0.0388. The predicted molar refractivity (Wildman–Crippen MR) is 105 cm³/mol. The third kappa shape index (κ3) is 5.72. The van der Waals surface area contributed by atoms with E-state index in [0.717, 1.165) is 10.8 Å². The second-order valence-corrected chi connectivity index (χ2v) is 6.68. The fraction of sp³-hybridized carbons (Fsp3) is 0.208. The van der Waals surface area contributed by atoms with Crippen molar-refractivity contribution in [2.45, 2.75) is 25.4 Å². The average Bonchev–Trinajstić information content (AvgIpc) is 2.69. The molecule has 1 unspecified atom stereocenters. The number of ketones is 1. The Morgan fingerprint density at radius 2 is 1.57 bits per heavy atom. The minimum Gasteiger partial charge on any atom is -0.294 e. The number of alkyl halides is 3. The van der Waals surface area contributed by atoms with Crippen molar-refractivity contribution in [3.8, 4) is 11.8 Å². The zero-order valence-electron chi connectivity index (χ0n) is 15.2. The first-order valence-corrected chi connectivity index (χ1v) is 9.06. The third-order valence-electron chi connectivity index (χ3n) is 4.46. The smallest absolute Gasteiger partial charge is 0.294 e. The van der Waals surface area contributed by atoms with Gasteiger partial charge in [-0.2, -0.15) is 13.2 Å². The number of hydrogen-bond donors (Lipinski definition) is 0. The number of rotatable bonds is 5. The zero-order chi connectivity index (χ0) is 20.0. The first-order valence-electron chi connectivity index (χ1n) is 9.06. The summed E-state index contributed by atoms with van der Waals surface area (Å²) in [6.07, 6.45) is -5.22. The normalized spacial score (nSPS) is 12.2. The molecule has 3 rings (SSSR count). The van der Waals surface area contributed by atoms with Gasteiger partial charge in [0.25, 0.3) is 0 Å². The van der Waals surface area contributed by atoms with Crippen molar-refractivity contribution in [2.24, 2.45) is 5.92 Å². The molecule has 0 aromatic heterocycles. The van der Waals surface area contributed by atoms with Gasteiger partial charge in [-0.1, -0.05) is 72.5 Å². The van der Waals surface area contributed by atoms with Gasteiger partial charge >= 0.3 is 6.18 Å². The highest BCUT2D eigenvalue weighted by Gasteiger charge is 2.31. The minimum atomic E-state index is -4.32. The van der Waals surface area contributed by atoms with E-state index in [1.54, 1.807) is 36.4 Å².